The van der Waals surface area contributed by atoms with E-state index in [0.29, 0.717) is 22.6 Å². The minimum absolute atomic E-state index is 0.136. The van der Waals surface area contributed by atoms with Crippen LogP contribution in [0.4, 0.5) is 4.79 Å². The summed E-state index contributed by atoms with van der Waals surface area (Å²) >= 11 is 3.80. The Morgan fingerprint density at radius 2 is 1.68 bits per heavy atom. The Morgan fingerprint density at radius 3 is 2.37 bits per heavy atom. The largest absolute Gasteiger partial charge is 0.334 e. The first-order chi connectivity index (χ1) is 9.17. The Balaban J connectivity index is 1.88. The highest BCUT2D eigenvalue weighted by Crippen LogP contribution is 2.32. The number of carbonyl (C=O) groups excluding carboxylic acids is 1. The van der Waals surface area contributed by atoms with Gasteiger partial charge in [-0.25, -0.2) is 4.79 Å². The highest BCUT2D eigenvalue weighted by atomic mass is 32.2. The molecule has 2 amide bonds. The van der Waals surface area contributed by atoms with Gasteiger partial charge in [-0.1, -0.05) is 12.8 Å². The minimum Gasteiger partial charge on any atom is -0.334 e. The van der Waals surface area contributed by atoms with E-state index < -0.39 is 0 Å². The van der Waals surface area contributed by atoms with E-state index in [1.165, 1.54) is 25.7 Å². The zero-order valence-corrected chi connectivity index (χ0v) is 13.9. The third-order valence-corrected chi connectivity index (χ3v) is 6.93. The molecule has 0 spiro atoms. The number of carbonyl (C=O) groups is 1. The third-order valence-electron chi connectivity index (χ3n) is 4.60. The molecule has 2 aliphatic carbocycles. The van der Waals surface area contributed by atoms with Gasteiger partial charge in [0.15, 0.2) is 0 Å². The van der Waals surface area contributed by atoms with E-state index in [4.69, 9.17) is 0 Å². The molecule has 0 heterocycles. The average Bonchev–Trinajstić information content (AvgIpc) is 3.05. The van der Waals surface area contributed by atoms with Gasteiger partial charge in [0.2, 0.25) is 0 Å². The maximum absolute atomic E-state index is 12.4. The van der Waals surface area contributed by atoms with Gasteiger partial charge in [-0.2, -0.15) is 23.5 Å². The van der Waals surface area contributed by atoms with Gasteiger partial charge in [0, 0.05) is 29.6 Å². The summed E-state index contributed by atoms with van der Waals surface area (Å²) in [6, 6.07) is 0.931. The van der Waals surface area contributed by atoms with E-state index in [2.05, 4.69) is 17.8 Å². The molecule has 0 aromatic carbocycles. The van der Waals surface area contributed by atoms with Crippen LogP contribution in [0.2, 0.25) is 0 Å². The fraction of sp³-hybridized carbons (Fsp3) is 0.929. The summed E-state index contributed by atoms with van der Waals surface area (Å²) in [5, 5.41) is 4.49. The Morgan fingerprint density at radius 1 is 1.05 bits per heavy atom. The van der Waals surface area contributed by atoms with Crippen molar-refractivity contribution >= 4 is 29.6 Å². The summed E-state index contributed by atoms with van der Waals surface area (Å²) in [5.41, 5.74) is 0. The highest BCUT2D eigenvalue weighted by molar-refractivity contribution is 7.99. The number of hydrogen-bond acceptors (Lipinski definition) is 3. The molecule has 4 unspecified atom stereocenters. The molecule has 2 aliphatic rings. The van der Waals surface area contributed by atoms with Gasteiger partial charge in [0.25, 0.3) is 0 Å². The summed E-state index contributed by atoms with van der Waals surface area (Å²) in [6.07, 6.45) is 11.6. The van der Waals surface area contributed by atoms with Crippen molar-refractivity contribution < 1.29 is 4.79 Å². The highest BCUT2D eigenvalue weighted by Gasteiger charge is 2.34. The molecule has 0 radical (unpaired) electrons. The Bertz CT molecular complexity index is 314. The summed E-state index contributed by atoms with van der Waals surface area (Å²) in [5.74, 6) is 0. The molecule has 0 aliphatic heterocycles. The summed E-state index contributed by atoms with van der Waals surface area (Å²) in [6.45, 7) is 0. The molecule has 2 saturated carbocycles. The van der Waals surface area contributed by atoms with Crippen molar-refractivity contribution in [3.8, 4) is 0 Å². The van der Waals surface area contributed by atoms with E-state index in [-0.39, 0.29) is 6.03 Å². The Labute approximate surface area is 125 Å². The zero-order valence-electron chi connectivity index (χ0n) is 12.2. The Hall–Kier alpha value is -0.0300. The lowest BCUT2D eigenvalue weighted by Gasteiger charge is -2.31. The molecule has 110 valence electrons. The Kier molecular flexibility index (Phi) is 5.75. The van der Waals surface area contributed by atoms with E-state index in [9.17, 15) is 4.79 Å². The molecule has 2 fully saturated rings. The van der Waals surface area contributed by atoms with Crippen LogP contribution in [0.25, 0.3) is 0 Å². The van der Waals surface area contributed by atoms with Gasteiger partial charge in [-0.3, -0.25) is 0 Å². The van der Waals surface area contributed by atoms with Crippen LogP contribution in [0.1, 0.15) is 38.5 Å². The smallest absolute Gasteiger partial charge is 0.317 e. The van der Waals surface area contributed by atoms with E-state index in [1.54, 1.807) is 0 Å². The second-order valence-corrected chi connectivity index (χ2v) is 7.80. The number of nitrogens with one attached hydrogen (secondary N) is 1. The number of nitrogens with zero attached hydrogens (tertiary/aromatic N) is 1. The van der Waals surface area contributed by atoms with Crippen LogP contribution in [-0.2, 0) is 0 Å². The van der Waals surface area contributed by atoms with Crippen LogP contribution >= 0.6 is 23.5 Å². The van der Waals surface area contributed by atoms with E-state index in [1.807, 2.05) is 35.5 Å². The van der Waals surface area contributed by atoms with Crippen molar-refractivity contribution in [1.29, 1.82) is 0 Å². The van der Waals surface area contributed by atoms with Crippen LogP contribution in [0, 0.1) is 0 Å². The topological polar surface area (TPSA) is 32.3 Å². The predicted molar refractivity (Wildman–Crippen MR) is 86.2 cm³/mol. The summed E-state index contributed by atoms with van der Waals surface area (Å²) in [4.78, 5) is 14.4. The molecule has 1 N–H and O–H groups in total. The standard InChI is InChI=1S/C14H26N2OS2/c1-16(11-7-5-9-13(11)19-3)14(17)15-10-6-4-8-12(10)18-2/h10-13H,4-9H2,1-3H3,(H,15,17). The van der Waals surface area contributed by atoms with Crippen LogP contribution in [0.3, 0.4) is 0 Å². The number of urea groups is 1. The number of thioether (sulfide) groups is 2. The lowest BCUT2D eigenvalue weighted by molar-refractivity contribution is 0.188. The summed E-state index contributed by atoms with van der Waals surface area (Å²) in [7, 11) is 1.97. The third kappa shape index (κ3) is 3.54. The predicted octanol–water partition coefficient (Wildman–Crippen LogP) is 3.20. The zero-order chi connectivity index (χ0) is 13.8. The fourth-order valence-electron chi connectivity index (χ4n) is 3.41. The van der Waals surface area contributed by atoms with Gasteiger partial charge < -0.3 is 10.2 Å². The number of amides is 2. The molecule has 19 heavy (non-hydrogen) atoms. The van der Waals surface area contributed by atoms with Crippen molar-refractivity contribution in [2.75, 3.05) is 19.6 Å². The molecule has 0 bridgehead atoms. The summed E-state index contributed by atoms with van der Waals surface area (Å²) < 4.78 is 0. The van der Waals surface area contributed by atoms with Crippen molar-refractivity contribution in [1.82, 2.24) is 10.2 Å². The van der Waals surface area contributed by atoms with E-state index in [0.717, 1.165) is 12.8 Å². The van der Waals surface area contributed by atoms with Crippen molar-refractivity contribution in [3.05, 3.63) is 0 Å². The molecule has 0 aromatic rings. The molecule has 0 aromatic heterocycles. The van der Waals surface area contributed by atoms with Crippen LogP contribution in [-0.4, -0.2) is 53.1 Å². The van der Waals surface area contributed by atoms with Gasteiger partial charge >= 0.3 is 6.03 Å². The normalized spacial score (nSPS) is 34.5. The maximum atomic E-state index is 12.4. The van der Waals surface area contributed by atoms with Crippen LogP contribution in [0.5, 0.6) is 0 Å². The van der Waals surface area contributed by atoms with Crippen LogP contribution < -0.4 is 5.32 Å². The molecular formula is C14H26N2OS2. The maximum Gasteiger partial charge on any atom is 0.317 e. The van der Waals surface area contributed by atoms with Gasteiger partial charge in [-0.15, -0.1) is 0 Å². The second-order valence-electron chi connectivity index (χ2n) is 5.64. The molecule has 2 rings (SSSR count). The first kappa shape index (κ1) is 15.4. The van der Waals surface area contributed by atoms with Crippen molar-refractivity contribution in [2.24, 2.45) is 0 Å². The van der Waals surface area contributed by atoms with Gasteiger partial charge in [-0.05, 0) is 38.2 Å². The minimum atomic E-state index is 0.136. The monoisotopic (exact) mass is 302 g/mol. The van der Waals surface area contributed by atoms with Crippen LogP contribution in [0.15, 0.2) is 0 Å². The SMILES string of the molecule is CSC1CCCC1NC(=O)N(C)C1CCCC1SC. The van der Waals surface area contributed by atoms with Gasteiger partial charge in [0.1, 0.15) is 0 Å². The number of hydrogen-bond donors (Lipinski definition) is 1. The fourth-order valence-corrected chi connectivity index (χ4v) is 5.38. The van der Waals surface area contributed by atoms with Crippen molar-refractivity contribution in [3.63, 3.8) is 0 Å². The quantitative estimate of drug-likeness (QED) is 0.865. The molecule has 5 heteroatoms. The lowest BCUT2D eigenvalue weighted by Crippen LogP contribution is -2.50. The molecular weight excluding hydrogens is 276 g/mol. The number of rotatable bonds is 4. The first-order valence-electron chi connectivity index (χ1n) is 7.26. The molecule has 3 nitrogen and oxygen atoms in total. The lowest BCUT2D eigenvalue weighted by atomic mass is 10.2. The van der Waals surface area contributed by atoms with Crippen molar-refractivity contribution in [2.45, 2.75) is 61.1 Å². The average molecular weight is 303 g/mol. The second kappa shape index (κ2) is 7.11. The first-order valence-corrected chi connectivity index (χ1v) is 9.84. The van der Waals surface area contributed by atoms with Gasteiger partial charge in [0.05, 0.1) is 0 Å². The molecule has 0 saturated heterocycles. The van der Waals surface area contributed by atoms with E-state index >= 15 is 0 Å². The molecule has 4 atom stereocenters.